The van der Waals surface area contributed by atoms with E-state index < -0.39 is 29.4 Å². The minimum Gasteiger partial charge on any atom is -0.444 e. The number of ether oxygens (including phenoxy) is 2. The largest absolute Gasteiger partial charge is 0.444 e. The highest BCUT2D eigenvalue weighted by atomic mass is 16.6. The fourth-order valence-electron chi connectivity index (χ4n) is 3.88. The zero-order valence-corrected chi connectivity index (χ0v) is 20.0. The molecule has 0 aromatic heterocycles. The van der Waals surface area contributed by atoms with Gasteiger partial charge < -0.3 is 24.2 Å². The molecule has 1 aromatic rings. The number of rotatable bonds is 4. The van der Waals surface area contributed by atoms with E-state index >= 15 is 0 Å². The van der Waals surface area contributed by atoms with Crippen molar-refractivity contribution in [2.45, 2.75) is 71.4 Å². The van der Waals surface area contributed by atoms with Crippen LogP contribution in [0.2, 0.25) is 0 Å². The monoisotopic (exact) mass is 445 g/mol. The van der Waals surface area contributed by atoms with E-state index in [9.17, 15) is 14.4 Å². The van der Waals surface area contributed by atoms with Crippen LogP contribution < -0.4 is 0 Å². The maximum Gasteiger partial charge on any atom is 0.410 e. The smallest absolute Gasteiger partial charge is 0.410 e. The molecule has 0 radical (unpaired) electrons. The van der Waals surface area contributed by atoms with Crippen LogP contribution in [-0.4, -0.2) is 82.1 Å². The Kier molecular flexibility index (Phi) is 6.83. The van der Waals surface area contributed by atoms with E-state index in [0.29, 0.717) is 19.6 Å². The molecule has 8 nitrogen and oxygen atoms in total. The Bertz CT molecular complexity index is 843. The highest BCUT2D eigenvalue weighted by Gasteiger charge is 2.49. The summed E-state index contributed by atoms with van der Waals surface area (Å²) in [7, 11) is 0. The van der Waals surface area contributed by atoms with Crippen LogP contribution in [0.1, 0.15) is 47.1 Å². The number of amides is 3. The minimum absolute atomic E-state index is 0.123. The maximum absolute atomic E-state index is 13.6. The first-order valence-electron chi connectivity index (χ1n) is 11.1. The molecule has 0 N–H and O–H groups in total. The van der Waals surface area contributed by atoms with Crippen molar-refractivity contribution in [3.63, 3.8) is 0 Å². The van der Waals surface area contributed by atoms with Crippen molar-refractivity contribution in [2.24, 2.45) is 0 Å². The normalized spacial score (nSPS) is 22.1. The lowest BCUT2D eigenvalue weighted by molar-refractivity contribution is -0.171. The van der Waals surface area contributed by atoms with Crippen LogP contribution in [-0.2, 0) is 25.6 Å². The Morgan fingerprint density at radius 2 is 1.62 bits per heavy atom. The van der Waals surface area contributed by atoms with Gasteiger partial charge in [-0.1, -0.05) is 30.3 Å². The first-order valence-corrected chi connectivity index (χ1v) is 11.1. The molecule has 2 fully saturated rings. The predicted octanol–water partition coefficient (Wildman–Crippen LogP) is 2.66. The third-order valence-electron chi connectivity index (χ3n) is 5.41. The molecule has 0 aliphatic carbocycles. The van der Waals surface area contributed by atoms with Crippen LogP contribution >= 0.6 is 0 Å². The summed E-state index contributed by atoms with van der Waals surface area (Å²) < 4.78 is 11.4. The van der Waals surface area contributed by atoms with Crippen molar-refractivity contribution in [2.75, 3.05) is 26.2 Å². The van der Waals surface area contributed by atoms with Gasteiger partial charge in [0.05, 0.1) is 18.8 Å². The van der Waals surface area contributed by atoms with Crippen LogP contribution in [0.3, 0.4) is 0 Å². The molecule has 2 aliphatic rings. The van der Waals surface area contributed by atoms with E-state index in [-0.39, 0.29) is 25.0 Å². The molecule has 2 atom stereocenters. The summed E-state index contributed by atoms with van der Waals surface area (Å²) in [4.78, 5) is 44.3. The molecule has 176 valence electrons. The van der Waals surface area contributed by atoms with Gasteiger partial charge in [-0.3, -0.25) is 9.59 Å². The molecular weight excluding hydrogens is 410 g/mol. The average Bonchev–Trinajstić information content (AvgIpc) is 2.70. The van der Waals surface area contributed by atoms with Gasteiger partial charge in [-0.05, 0) is 47.1 Å². The molecule has 0 saturated carbocycles. The highest BCUT2D eigenvalue weighted by molar-refractivity contribution is 5.97. The second kappa shape index (κ2) is 9.10. The summed E-state index contributed by atoms with van der Waals surface area (Å²) in [6, 6.07) is 8.16. The Morgan fingerprint density at radius 1 is 0.969 bits per heavy atom. The van der Waals surface area contributed by atoms with Crippen LogP contribution in [0, 0.1) is 0 Å². The third kappa shape index (κ3) is 5.79. The van der Waals surface area contributed by atoms with Gasteiger partial charge in [0.1, 0.15) is 17.7 Å². The van der Waals surface area contributed by atoms with E-state index in [0.717, 1.165) is 5.56 Å². The number of hydrogen-bond donors (Lipinski definition) is 0. The van der Waals surface area contributed by atoms with Gasteiger partial charge in [0.2, 0.25) is 11.8 Å². The van der Waals surface area contributed by atoms with Gasteiger partial charge in [-0.2, -0.15) is 0 Å². The van der Waals surface area contributed by atoms with Crippen molar-refractivity contribution < 1.29 is 23.9 Å². The molecule has 3 amide bonds. The van der Waals surface area contributed by atoms with Gasteiger partial charge in [-0.25, -0.2) is 4.79 Å². The first-order chi connectivity index (χ1) is 14.9. The number of benzene rings is 1. The number of hydrogen-bond acceptors (Lipinski definition) is 5. The van der Waals surface area contributed by atoms with Crippen LogP contribution in [0.25, 0.3) is 0 Å². The molecule has 0 bridgehead atoms. The third-order valence-corrected chi connectivity index (χ3v) is 5.41. The zero-order valence-electron chi connectivity index (χ0n) is 20.0. The molecule has 2 unspecified atom stereocenters. The lowest BCUT2D eigenvalue weighted by atomic mass is 10.0. The van der Waals surface area contributed by atoms with Crippen molar-refractivity contribution in [1.29, 1.82) is 0 Å². The minimum atomic E-state index is -0.724. The predicted molar refractivity (Wildman–Crippen MR) is 120 cm³/mol. The lowest BCUT2D eigenvalue weighted by Gasteiger charge is -2.49. The fraction of sp³-hybridized carbons (Fsp3) is 0.625. The quantitative estimate of drug-likeness (QED) is 0.712. The number of piperazine rings is 2. The van der Waals surface area contributed by atoms with Crippen molar-refractivity contribution >= 4 is 17.9 Å². The summed E-state index contributed by atoms with van der Waals surface area (Å²) in [6.07, 6.45) is -0.467. The van der Waals surface area contributed by atoms with Gasteiger partial charge in [0.25, 0.3) is 0 Å². The van der Waals surface area contributed by atoms with Gasteiger partial charge in [0, 0.05) is 19.6 Å². The Labute approximate surface area is 190 Å². The van der Waals surface area contributed by atoms with Gasteiger partial charge in [-0.15, -0.1) is 0 Å². The summed E-state index contributed by atoms with van der Waals surface area (Å²) in [5.74, 6) is -0.317. The van der Waals surface area contributed by atoms with Crippen molar-refractivity contribution in [3.05, 3.63) is 35.9 Å². The van der Waals surface area contributed by atoms with Crippen LogP contribution in [0.5, 0.6) is 0 Å². The summed E-state index contributed by atoms with van der Waals surface area (Å²) in [6.45, 7) is 12.4. The highest BCUT2D eigenvalue weighted by Crippen LogP contribution is 2.26. The van der Waals surface area contributed by atoms with Crippen LogP contribution in [0.4, 0.5) is 4.79 Å². The topological polar surface area (TPSA) is 79.4 Å². The second-order valence-electron chi connectivity index (χ2n) is 10.4. The number of carbonyl (C=O) groups excluding carboxylic acids is 3. The zero-order chi connectivity index (χ0) is 23.7. The molecule has 3 rings (SSSR count). The van der Waals surface area contributed by atoms with E-state index in [1.165, 1.54) is 4.90 Å². The van der Waals surface area contributed by atoms with Crippen molar-refractivity contribution in [1.82, 2.24) is 14.7 Å². The van der Waals surface area contributed by atoms with E-state index in [1.807, 2.05) is 51.1 Å². The Morgan fingerprint density at radius 3 is 2.22 bits per heavy atom. The number of carbonyl (C=O) groups is 3. The van der Waals surface area contributed by atoms with E-state index in [1.54, 1.807) is 30.6 Å². The first kappa shape index (κ1) is 24.0. The molecule has 2 saturated heterocycles. The van der Waals surface area contributed by atoms with Gasteiger partial charge >= 0.3 is 6.09 Å². The summed E-state index contributed by atoms with van der Waals surface area (Å²) >= 11 is 0. The summed E-state index contributed by atoms with van der Waals surface area (Å²) in [5.41, 5.74) is -0.133. The number of nitrogens with zero attached hydrogens (tertiary/aromatic N) is 3. The molecular formula is C24H35N3O5. The Balaban J connectivity index is 1.83. The molecule has 2 aliphatic heterocycles. The standard InChI is InChI=1S/C24H35N3O5/c1-23(2,3)31-16-19-21(29)26-13-12-25(22(30)32-24(4,5)6)15-18(26)20(28)27(19)14-17-10-8-7-9-11-17/h7-11,18-19H,12-16H2,1-6H3. The van der Waals surface area contributed by atoms with Crippen LogP contribution in [0.15, 0.2) is 30.3 Å². The number of fused-ring (bicyclic) bond motifs is 1. The molecule has 32 heavy (non-hydrogen) atoms. The van der Waals surface area contributed by atoms with Gasteiger partial charge in [0.15, 0.2) is 0 Å². The maximum atomic E-state index is 13.6. The average molecular weight is 446 g/mol. The molecule has 1 aromatic carbocycles. The van der Waals surface area contributed by atoms with Crippen molar-refractivity contribution in [3.8, 4) is 0 Å². The van der Waals surface area contributed by atoms with E-state index in [4.69, 9.17) is 9.47 Å². The van der Waals surface area contributed by atoms with E-state index in [2.05, 4.69) is 0 Å². The molecule has 8 heteroatoms. The Hall–Kier alpha value is -2.61. The molecule has 0 spiro atoms. The summed E-state index contributed by atoms with van der Waals surface area (Å²) in [5, 5.41) is 0. The fourth-order valence-corrected chi connectivity index (χ4v) is 3.88. The SMILES string of the molecule is CC(C)(C)OCC1C(=O)N2CCN(C(=O)OC(C)(C)C)CC2C(=O)N1Cc1ccccc1. The molecule has 2 heterocycles. The lowest BCUT2D eigenvalue weighted by Crippen LogP contribution is -2.71. The second-order valence-corrected chi connectivity index (χ2v) is 10.4.